The van der Waals surface area contributed by atoms with Crippen molar-refractivity contribution in [2.24, 2.45) is 0 Å². The first-order valence-corrected chi connectivity index (χ1v) is 7.43. The van der Waals surface area contributed by atoms with Crippen molar-refractivity contribution >= 4 is 11.6 Å². The fourth-order valence-electron chi connectivity index (χ4n) is 2.16. The summed E-state index contributed by atoms with van der Waals surface area (Å²) in [5, 5.41) is 8.72. The molecule has 0 saturated carbocycles. The van der Waals surface area contributed by atoms with E-state index in [9.17, 15) is 0 Å². The highest BCUT2D eigenvalue weighted by atomic mass is 35.5. The third-order valence-corrected chi connectivity index (χ3v) is 3.56. The van der Waals surface area contributed by atoms with Gasteiger partial charge in [-0.3, -0.25) is 4.68 Å². The first-order valence-electron chi connectivity index (χ1n) is 7.05. The zero-order chi connectivity index (χ0) is 13.5. The summed E-state index contributed by atoms with van der Waals surface area (Å²) in [7, 11) is 0. The van der Waals surface area contributed by atoms with Gasteiger partial charge in [0.05, 0.1) is 16.9 Å². The molecule has 0 aliphatic carbocycles. The van der Waals surface area contributed by atoms with E-state index < -0.39 is 0 Å². The maximum absolute atomic E-state index is 6.22. The lowest BCUT2D eigenvalue weighted by atomic mass is 10.1. The van der Waals surface area contributed by atoms with Gasteiger partial charge in [0.15, 0.2) is 0 Å². The van der Waals surface area contributed by atoms with Gasteiger partial charge in [0.1, 0.15) is 0 Å². The monoisotopic (exact) mass is 271 g/mol. The van der Waals surface area contributed by atoms with Gasteiger partial charge in [-0.15, -0.1) is 0 Å². The van der Waals surface area contributed by atoms with Gasteiger partial charge in [-0.2, -0.15) is 5.10 Å². The Kier molecular flexibility index (Phi) is 6.72. The van der Waals surface area contributed by atoms with Crippen LogP contribution in [0.2, 0.25) is 5.02 Å². The molecule has 0 aromatic carbocycles. The van der Waals surface area contributed by atoms with Crippen LogP contribution >= 0.6 is 11.6 Å². The molecular weight excluding hydrogens is 246 g/mol. The van der Waals surface area contributed by atoms with E-state index in [1.54, 1.807) is 6.20 Å². The highest BCUT2D eigenvalue weighted by molar-refractivity contribution is 6.31. The molecule has 104 valence electrons. The van der Waals surface area contributed by atoms with Crippen molar-refractivity contribution in [3.05, 3.63) is 16.9 Å². The third-order valence-electron chi connectivity index (χ3n) is 3.24. The summed E-state index contributed by atoms with van der Waals surface area (Å²) in [6, 6.07) is 0.952. The standard InChI is InChI=1S/C14H26ClN3/c1-5-9-16-12(6-2)7-8-14-13(15)10-17-18(14)11(3)4/h10-12,16H,5-9H2,1-4H3. The average Bonchev–Trinajstić information content (AvgIpc) is 2.71. The zero-order valence-electron chi connectivity index (χ0n) is 12.0. The predicted molar refractivity (Wildman–Crippen MR) is 78.3 cm³/mol. The first kappa shape index (κ1) is 15.5. The lowest BCUT2D eigenvalue weighted by Gasteiger charge is -2.18. The SMILES string of the molecule is CCCNC(CC)CCc1c(Cl)cnn1C(C)C. The zero-order valence-corrected chi connectivity index (χ0v) is 12.8. The van der Waals surface area contributed by atoms with Crippen molar-refractivity contribution in [1.29, 1.82) is 0 Å². The number of aromatic nitrogens is 2. The number of hydrogen-bond acceptors (Lipinski definition) is 2. The van der Waals surface area contributed by atoms with Crippen LogP contribution in [0.25, 0.3) is 0 Å². The Morgan fingerprint density at radius 2 is 2.11 bits per heavy atom. The summed E-state index contributed by atoms with van der Waals surface area (Å²) < 4.78 is 2.04. The minimum absolute atomic E-state index is 0.371. The Balaban J connectivity index is 2.58. The largest absolute Gasteiger partial charge is 0.314 e. The molecule has 1 atom stereocenters. The molecule has 0 amide bonds. The second kappa shape index (κ2) is 7.80. The van der Waals surface area contributed by atoms with E-state index in [1.165, 1.54) is 12.1 Å². The van der Waals surface area contributed by atoms with Crippen molar-refractivity contribution in [2.45, 2.75) is 65.5 Å². The average molecular weight is 272 g/mol. The summed E-state index contributed by atoms with van der Waals surface area (Å²) in [5.74, 6) is 0. The quantitative estimate of drug-likeness (QED) is 0.779. The molecule has 1 heterocycles. The summed E-state index contributed by atoms with van der Waals surface area (Å²) in [6.07, 6.45) is 6.22. The maximum atomic E-state index is 6.22. The van der Waals surface area contributed by atoms with Crippen molar-refractivity contribution in [1.82, 2.24) is 15.1 Å². The summed E-state index contributed by atoms with van der Waals surface area (Å²) in [4.78, 5) is 0. The van der Waals surface area contributed by atoms with Crippen molar-refractivity contribution < 1.29 is 0 Å². The van der Waals surface area contributed by atoms with Gasteiger partial charge in [-0.25, -0.2) is 0 Å². The minimum atomic E-state index is 0.371. The van der Waals surface area contributed by atoms with Gasteiger partial charge in [-0.1, -0.05) is 25.4 Å². The molecule has 0 aliphatic heterocycles. The number of halogens is 1. The smallest absolute Gasteiger partial charge is 0.0817 e. The van der Waals surface area contributed by atoms with Crippen molar-refractivity contribution in [3.63, 3.8) is 0 Å². The van der Waals surface area contributed by atoms with Crippen LogP contribution in [0.5, 0.6) is 0 Å². The topological polar surface area (TPSA) is 29.9 Å². The molecule has 0 aliphatic rings. The number of nitrogens with one attached hydrogen (secondary N) is 1. The molecule has 0 spiro atoms. The van der Waals surface area contributed by atoms with Crippen LogP contribution in [0.4, 0.5) is 0 Å². The van der Waals surface area contributed by atoms with Crippen molar-refractivity contribution in [3.8, 4) is 0 Å². The number of hydrogen-bond donors (Lipinski definition) is 1. The molecule has 1 N–H and O–H groups in total. The van der Waals surface area contributed by atoms with Crippen LogP contribution in [0, 0.1) is 0 Å². The molecule has 0 radical (unpaired) electrons. The minimum Gasteiger partial charge on any atom is -0.314 e. The Hall–Kier alpha value is -0.540. The van der Waals surface area contributed by atoms with Crippen LogP contribution in [-0.4, -0.2) is 22.4 Å². The molecule has 3 nitrogen and oxygen atoms in total. The van der Waals surface area contributed by atoms with E-state index in [0.29, 0.717) is 12.1 Å². The molecule has 1 rings (SSSR count). The van der Waals surface area contributed by atoms with Crippen LogP contribution in [0.3, 0.4) is 0 Å². The molecule has 0 fully saturated rings. The van der Waals surface area contributed by atoms with Crippen LogP contribution < -0.4 is 5.32 Å². The van der Waals surface area contributed by atoms with E-state index in [0.717, 1.165) is 30.8 Å². The Morgan fingerprint density at radius 1 is 1.39 bits per heavy atom. The van der Waals surface area contributed by atoms with Gasteiger partial charge in [0.25, 0.3) is 0 Å². The van der Waals surface area contributed by atoms with E-state index in [2.05, 4.69) is 38.1 Å². The lowest BCUT2D eigenvalue weighted by Crippen LogP contribution is -2.29. The van der Waals surface area contributed by atoms with Crippen LogP contribution in [-0.2, 0) is 6.42 Å². The highest BCUT2D eigenvalue weighted by Crippen LogP contribution is 2.21. The molecule has 1 aromatic rings. The van der Waals surface area contributed by atoms with Crippen LogP contribution in [0.1, 0.15) is 58.7 Å². The maximum Gasteiger partial charge on any atom is 0.0817 e. The predicted octanol–water partition coefficient (Wildman–Crippen LogP) is 3.83. The Bertz CT molecular complexity index is 347. The summed E-state index contributed by atoms with van der Waals surface area (Å²) in [5.41, 5.74) is 1.17. The first-order chi connectivity index (χ1) is 8.60. The van der Waals surface area contributed by atoms with E-state index in [1.807, 2.05) is 4.68 Å². The molecule has 1 aromatic heterocycles. The molecule has 4 heteroatoms. The summed E-state index contributed by atoms with van der Waals surface area (Å²) >= 11 is 6.22. The Labute approximate surface area is 116 Å². The van der Waals surface area contributed by atoms with Gasteiger partial charge < -0.3 is 5.32 Å². The normalized spacial score (nSPS) is 13.2. The second-order valence-corrected chi connectivity index (χ2v) is 5.48. The second-order valence-electron chi connectivity index (χ2n) is 5.08. The molecular formula is C14H26ClN3. The lowest BCUT2D eigenvalue weighted by molar-refractivity contribution is 0.449. The van der Waals surface area contributed by atoms with Gasteiger partial charge in [0, 0.05) is 12.1 Å². The highest BCUT2D eigenvalue weighted by Gasteiger charge is 2.13. The number of rotatable bonds is 8. The van der Waals surface area contributed by atoms with Crippen LogP contribution in [0.15, 0.2) is 6.20 Å². The fraction of sp³-hybridized carbons (Fsp3) is 0.786. The van der Waals surface area contributed by atoms with E-state index in [-0.39, 0.29) is 0 Å². The van der Waals surface area contributed by atoms with Gasteiger partial charge in [-0.05, 0) is 46.1 Å². The van der Waals surface area contributed by atoms with Gasteiger partial charge >= 0.3 is 0 Å². The third kappa shape index (κ3) is 4.29. The van der Waals surface area contributed by atoms with Gasteiger partial charge in [0.2, 0.25) is 0 Å². The van der Waals surface area contributed by atoms with Crippen molar-refractivity contribution in [2.75, 3.05) is 6.54 Å². The molecule has 0 saturated heterocycles. The molecule has 0 bridgehead atoms. The van der Waals surface area contributed by atoms with E-state index in [4.69, 9.17) is 11.6 Å². The van der Waals surface area contributed by atoms with E-state index >= 15 is 0 Å². The number of nitrogens with zero attached hydrogens (tertiary/aromatic N) is 2. The fourth-order valence-corrected chi connectivity index (χ4v) is 2.38. The Morgan fingerprint density at radius 3 is 2.67 bits per heavy atom. The molecule has 18 heavy (non-hydrogen) atoms. The summed E-state index contributed by atoms with van der Waals surface area (Å²) in [6.45, 7) is 9.80. The molecule has 1 unspecified atom stereocenters.